The first-order chi connectivity index (χ1) is 13.5. The molecular formula is C21H22N4O2S. The summed E-state index contributed by atoms with van der Waals surface area (Å²) in [7, 11) is 1.88. The zero-order valence-corrected chi connectivity index (χ0v) is 16.7. The number of hydrogen-bond donors (Lipinski definition) is 2. The van der Waals surface area contributed by atoms with Gasteiger partial charge in [0, 0.05) is 42.5 Å². The normalized spacial score (nSPS) is 15.0. The molecule has 0 bridgehead atoms. The highest BCUT2D eigenvalue weighted by molar-refractivity contribution is 7.14. The molecule has 3 heterocycles. The number of nitrogens with zero attached hydrogens (tertiary/aromatic N) is 2. The topological polar surface area (TPSA) is 68.2 Å². The van der Waals surface area contributed by atoms with Crippen molar-refractivity contribution in [3.63, 3.8) is 0 Å². The van der Waals surface area contributed by atoms with Crippen LogP contribution in [0.3, 0.4) is 0 Å². The quantitative estimate of drug-likeness (QED) is 0.667. The maximum absolute atomic E-state index is 12.1. The van der Waals surface area contributed by atoms with Gasteiger partial charge in [0.15, 0.2) is 5.13 Å². The van der Waals surface area contributed by atoms with Gasteiger partial charge in [-0.1, -0.05) is 18.7 Å². The van der Waals surface area contributed by atoms with Crippen LogP contribution in [0.4, 0.5) is 5.13 Å². The fourth-order valence-corrected chi connectivity index (χ4v) is 3.91. The van der Waals surface area contributed by atoms with Crippen molar-refractivity contribution < 1.29 is 9.53 Å². The number of anilines is 1. The average Bonchev–Trinajstić information content (AvgIpc) is 3.38. The maximum Gasteiger partial charge on any atom is 0.253 e. The smallest absolute Gasteiger partial charge is 0.253 e. The lowest BCUT2D eigenvalue weighted by Gasteiger charge is -2.08. The molecule has 6 nitrogen and oxygen atoms in total. The molecule has 3 aromatic rings. The highest BCUT2D eigenvalue weighted by Gasteiger charge is 2.19. The number of hydrogen-bond acceptors (Lipinski definition) is 5. The van der Waals surface area contributed by atoms with E-state index in [1.807, 2.05) is 29.3 Å². The Bertz CT molecular complexity index is 1040. The van der Waals surface area contributed by atoms with E-state index in [1.165, 1.54) is 16.9 Å². The van der Waals surface area contributed by atoms with Crippen molar-refractivity contribution in [3.05, 3.63) is 65.4 Å². The molecule has 1 aromatic carbocycles. The van der Waals surface area contributed by atoms with Gasteiger partial charge in [0.1, 0.15) is 11.9 Å². The second-order valence-electron chi connectivity index (χ2n) is 6.97. The maximum atomic E-state index is 12.1. The van der Waals surface area contributed by atoms with Gasteiger partial charge < -0.3 is 19.9 Å². The second kappa shape index (κ2) is 7.52. The number of thiazole rings is 1. The molecule has 144 valence electrons. The van der Waals surface area contributed by atoms with E-state index in [1.54, 1.807) is 12.3 Å². The molecule has 7 heteroatoms. The summed E-state index contributed by atoms with van der Waals surface area (Å²) in [5.41, 5.74) is 4.46. The Kier molecular flexibility index (Phi) is 4.92. The number of aryl methyl sites for hydroxylation is 1. The van der Waals surface area contributed by atoms with Gasteiger partial charge in [-0.05, 0) is 24.6 Å². The summed E-state index contributed by atoms with van der Waals surface area (Å²) in [4.78, 5) is 16.7. The lowest BCUT2D eigenvalue weighted by molar-refractivity contribution is 0.0957. The third-order valence-corrected chi connectivity index (χ3v) is 5.30. The zero-order valence-electron chi connectivity index (χ0n) is 15.9. The van der Waals surface area contributed by atoms with Crippen LogP contribution in [-0.4, -0.2) is 28.1 Å². The molecule has 0 fully saturated rings. The fourth-order valence-electron chi connectivity index (χ4n) is 3.15. The summed E-state index contributed by atoms with van der Waals surface area (Å²) < 4.78 is 7.67. The van der Waals surface area contributed by atoms with Crippen LogP contribution in [0.1, 0.15) is 22.8 Å². The van der Waals surface area contributed by atoms with E-state index in [2.05, 4.69) is 41.3 Å². The Hall–Kier alpha value is -3.06. The van der Waals surface area contributed by atoms with Gasteiger partial charge in [-0.2, -0.15) is 0 Å². The first-order valence-corrected chi connectivity index (χ1v) is 9.96. The monoisotopic (exact) mass is 394 g/mol. The number of benzene rings is 1. The van der Waals surface area contributed by atoms with Crippen LogP contribution < -0.4 is 15.4 Å². The molecular weight excluding hydrogens is 372 g/mol. The summed E-state index contributed by atoms with van der Waals surface area (Å²) in [5.74, 6) is 0.816. The summed E-state index contributed by atoms with van der Waals surface area (Å²) in [6.45, 7) is 6.38. The van der Waals surface area contributed by atoms with Crippen LogP contribution in [0.5, 0.6) is 5.75 Å². The van der Waals surface area contributed by atoms with Crippen molar-refractivity contribution >= 4 is 22.4 Å². The molecule has 1 aliphatic rings. The van der Waals surface area contributed by atoms with Crippen LogP contribution in [0.15, 0.2) is 54.3 Å². The molecule has 2 aromatic heterocycles. The van der Waals surface area contributed by atoms with E-state index in [0.29, 0.717) is 17.8 Å². The minimum Gasteiger partial charge on any atom is -0.490 e. The van der Waals surface area contributed by atoms with Crippen molar-refractivity contribution in [3.8, 4) is 17.0 Å². The Labute approximate surface area is 167 Å². The number of aromatic nitrogens is 2. The highest BCUT2D eigenvalue weighted by Crippen LogP contribution is 2.34. The molecule has 4 rings (SSSR count). The summed E-state index contributed by atoms with van der Waals surface area (Å²) in [6.07, 6.45) is 4.80. The number of fused-ring (bicyclic) bond motifs is 1. The number of rotatable bonds is 6. The molecule has 1 unspecified atom stereocenters. The van der Waals surface area contributed by atoms with Gasteiger partial charge in [-0.15, -0.1) is 11.3 Å². The summed E-state index contributed by atoms with van der Waals surface area (Å²) in [6, 6.07) is 8.01. The fraction of sp³-hybridized carbons (Fsp3) is 0.238. The number of amides is 1. The van der Waals surface area contributed by atoms with Crippen LogP contribution in [0.2, 0.25) is 0 Å². The van der Waals surface area contributed by atoms with E-state index in [0.717, 1.165) is 28.6 Å². The number of carbonyl (C=O) groups excluding carboxylic acids is 1. The van der Waals surface area contributed by atoms with Gasteiger partial charge in [0.2, 0.25) is 0 Å². The van der Waals surface area contributed by atoms with Gasteiger partial charge in [0.25, 0.3) is 5.91 Å². The van der Waals surface area contributed by atoms with E-state index in [-0.39, 0.29) is 12.0 Å². The van der Waals surface area contributed by atoms with Gasteiger partial charge >= 0.3 is 0 Å². The first-order valence-electron chi connectivity index (χ1n) is 9.08. The summed E-state index contributed by atoms with van der Waals surface area (Å²) in [5, 5.41) is 8.75. The molecule has 1 aliphatic heterocycles. The third kappa shape index (κ3) is 3.94. The standard InChI is InChI=1S/C21H22N4O2S/c1-13(10-22-20(26)17-6-7-25(3)11-17)23-21-24-18(12-28-21)15-4-5-16-8-14(2)27-19(16)9-15/h4-7,9,11-12,14H,1,8,10H2,2-3H3,(H,22,26)(H,23,24). The van der Waals surface area contributed by atoms with Crippen LogP contribution in [0.25, 0.3) is 11.3 Å². The van der Waals surface area contributed by atoms with Gasteiger partial charge in [0.05, 0.1) is 17.8 Å². The third-order valence-electron chi connectivity index (χ3n) is 4.54. The minimum atomic E-state index is -0.129. The second-order valence-corrected chi connectivity index (χ2v) is 7.83. The lowest BCUT2D eigenvalue weighted by atomic mass is 10.1. The lowest BCUT2D eigenvalue weighted by Crippen LogP contribution is -2.27. The molecule has 0 saturated carbocycles. The Balaban J connectivity index is 1.35. The van der Waals surface area contributed by atoms with Gasteiger partial charge in [-0.25, -0.2) is 4.98 Å². The molecule has 0 radical (unpaired) electrons. The Morgan fingerprint density at radius 2 is 2.29 bits per heavy atom. The Morgan fingerprint density at radius 1 is 1.43 bits per heavy atom. The van der Waals surface area contributed by atoms with Crippen molar-refractivity contribution in [1.29, 1.82) is 0 Å². The number of carbonyl (C=O) groups is 1. The van der Waals surface area contributed by atoms with Crippen LogP contribution in [0, 0.1) is 0 Å². The Morgan fingerprint density at radius 3 is 3.07 bits per heavy atom. The molecule has 28 heavy (non-hydrogen) atoms. The first kappa shape index (κ1) is 18.3. The van der Waals surface area contributed by atoms with Gasteiger partial charge in [-0.3, -0.25) is 4.79 Å². The van der Waals surface area contributed by atoms with E-state index < -0.39 is 0 Å². The van der Waals surface area contributed by atoms with E-state index >= 15 is 0 Å². The predicted molar refractivity (Wildman–Crippen MR) is 112 cm³/mol. The largest absolute Gasteiger partial charge is 0.490 e. The predicted octanol–water partition coefficient (Wildman–Crippen LogP) is 3.83. The SMILES string of the molecule is C=C(CNC(=O)c1ccn(C)c1)Nc1nc(-c2ccc3c(c2)OC(C)C3)cs1. The summed E-state index contributed by atoms with van der Waals surface area (Å²) >= 11 is 1.50. The van der Waals surface area contributed by atoms with Crippen molar-refractivity contribution in [2.45, 2.75) is 19.4 Å². The molecule has 1 atom stereocenters. The molecule has 0 saturated heterocycles. The van der Waals surface area contributed by atoms with E-state index in [9.17, 15) is 4.79 Å². The molecule has 2 N–H and O–H groups in total. The number of nitrogens with one attached hydrogen (secondary N) is 2. The van der Waals surface area contributed by atoms with Crippen molar-refractivity contribution in [2.24, 2.45) is 7.05 Å². The average molecular weight is 395 g/mol. The van der Waals surface area contributed by atoms with E-state index in [4.69, 9.17) is 4.74 Å². The van der Waals surface area contributed by atoms with Crippen LogP contribution >= 0.6 is 11.3 Å². The molecule has 0 aliphatic carbocycles. The minimum absolute atomic E-state index is 0.129. The zero-order chi connectivity index (χ0) is 19.7. The number of ether oxygens (including phenoxy) is 1. The van der Waals surface area contributed by atoms with Crippen molar-refractivity contribution in [2.75, 3.05) is 11.9 Å². The molecule has 0 spiro atoms. The van der Waals surface area contributed by atoms with Crippen LogP contribution in [-0.2, 0) is 13.5 Å². The van der Waals surface area contributed by atoms with Crippen molar-refractivity contribution in [1.82, 2.24) is 14.9 Å². The highest BCUT2D eigenvalue weighted by atomic mass is 32.1. The molecule has 1 amide bonds.